The molecule has 0 aromatic carbocycles. The molecule has 0 saturated carbocycles. The second-order valence-electron chi connectivity index (χ2n) is 3.82. The number of nitrogens with zero attached hydrogens (tertiary/aromatic N) is 2. The topological polar surface area (TPSA) is 59.2 Å². The van der Waals surface area contributed by atoms with Crippen molar-refractivity contribution < 1.29 is 4.79 Å². The first-order valence-corrected chi connectivity index (χ1v) is 5.98. The summed E-state index contributed by atoms with van der Waals surface area (Å²) in [5, 5.41) is 2.96. The van der Waals surface area contributed by atoms with Crippen LogP contribution in [0, 0.1) is 6.92 Å². The quantitative estimate of drug-likeness (QED) is 0.819. The summed E-state index contributed by atoms with van der Waals surface area (Å²) in [6.07, 6.45) is 0.442. The van der Waals surface area contributed by atoms with Crippen LogP contribution in [0.5, 0.6) is 0 Å². The third kappa shape index (κ3) is 1.77. The minimum Gasteiger partial charge on any atom is -0.332 e. The van der Waals surface area contributed by atoms with Crippen molar-refractivity contribution in [3.05, 3.63) is 16.1 Å². The molecule has 2 rings (SSSR count). The molecular weight excluding hydrogens is 210 g/mol. The van der Waals surface area contributed by atoms with Gasteiger partial charge < -0.3 is 10.6 Å². The van der Waals surface area contributed by atoms with E-state index in [4.69, 9.17) is 5.73 Å². The second-order valence-corrected chi connectivity index (χ2v) is 4.71. The Hall–Kier alpha value is -0.940. The van der Waals surface area contributed by atoms with E-state index in [1.807, 2.05) is 24.1 Å². The number of hydrogen-bond donors (Lipinski definition) is 1. The van der Waals surface area contributed by atoms with Crippen molar-refractivity contribution in [2.24, 2.45) is 5.73 Å². The zero-order chi connectivity index (χ0) is 11.0. The van der Waals surface area contributed by atoms with E-state index in [-0.39, 0.29) is 18.0 Å². The fourth-order valence-corrected chi connectivity index (χ4v) is 3.00. The van der Waals surface area contributed by atoms with E-state index in [9.17, 15) is 4.79 Å². The minimum atomic E-state index is -0.108. The van der Waals surface area contributed by atoms with Crippen LogP contribution in [0.2, 0.25) is 0 Å². The van der Waals surface area contributed by atoms with Crippen LogP contribution < -0.4 is 5.73 Å². The molecule has 1 saturated heterocycles. The maximum Gasteiger partial charge on any atom is 0.224 e. The van der Waals surface area contributed by atoms with Crippen molar-refractivity contribution in [3.63, 3.8) is 0 Å². The number of amides is 1. The molecule has 15 heavy (non-hydrogen) atoms. The number of likely N-dealkylation sites (tertiary alicyclic amines) is 1. The Bertz CT molecular complexity index is 376. The predicted molar refractivity (Wildman–Crippen MR) is 59.6 cm³/mol. The van der Waals surface area contributed by atoms with E-state index in [1.54, 1.807) is 11.3 Å². The first kappa shape index (κ1) is 10.6. The van der Waals surface area contributed by atoms with Gasteiger partial charge in [0.15, 0.2) is 0 Å². The van der Waals surface area contributed by atoms with Crippen LogP contribution in [0.3, 0.4) is 0 Å². The summed E-state index contributed by atoms with van der Waals surface area (Å²) in [6.45, 7) is 4.64. The lowest BCUT2D eigenvalue weighted by molar-refractivity contribution is -0.128. The summed E-state index contributed by atoms with van der Waals surface area (Å²) in [4.78, 5) is 17.9. The summed E-state index contributed by atoms with van der Waals surface area (Å²) in [6, 6.07) is -0.121. The van der Waals surface area contributed by atoms with E-state index >= 15 is 0 Å². The Labute approximate surface area is 93.1 Å². The summed E-state index contributed by atoms with van der Waals surface area (Å²) < 4.78 is 0. The lowest BCUT2D eigenvalue weighted by Crippen LogP contribution is -2.32. The second kappa shape index (κ2) is 3.90. The van der Waals surface area contributed by atoms with Gasteiger partial charge in [-0.05, 0) is 13.8 Å². The number of rotatable bonds is 2. The van der Waals surface area contributed by atoms with Gasteiger partial charge in [0.25, 0.3) is 0 Å². The van der Waals surface area contributed by atoms with Crippen LogP contribution in [0.4, 0.5) is 0 Å². The van der Waals surface area contributed by atoms with E-state index in [0.29, 0.717) is 13.0 Å². The maximum absolute atomic E-state index is 11.6. The van der Waals surface area contributed by atoms with Crippen molar-refractivity contribution in [2.45, 2.75) is 32.4 Å². The van der Waals surface area contributed by atoms with Crippen LogP contribution in [-0.2, 0) is 4.79 Å². The van der Waals surface area contributed by atoms with E-state index in [1.165, 1.54) is 0 Å². The standard InChI is InChI=1S/C10H15N3OS/c1-3-13-8(14)4-7(11)9(13)10-12-6(2)5-15-10/h5,7,9H,3-4,11H2,1-2H3. The van der Waals surface area contributed by atoms with Crippen molar-refractivity contribution >= 4 is 17.2 Å². The summed E-state index contributed by atoms with van der Waals surface area (Å²) in [5.74, 6) is 0.142. The zero-order valence-corrected chi connectivity index (χ0v) is 9.75. The van der Waals surface area contributed by atoms with Crippen molar-refractivity contribution in [1.82, 2.24) is 9.88 Å². The molecule has 1 aromatic rings. The largest absolute Gasteiger partial charge is 0.332 e. The third-order valence-electron chi connectivity index (χ3n) is 2.70. The Morgan fingerprint density at radius 2 is 2.47 bits per heavy atom. The molecule has 5 heteroatoms. The number of hydrogen-bond acceptors (Lipinski definition) is 4. The molecule has 0 aliphatic carbocycles. The van der Waals surface area contributed by atoms with Gasteiger partial charge >= 0.3 is 0 Å². The molecule has 1 amide bonds. The summed E-state index contributed by atoms with van der Waals surface area (Å²) >= 11 is 1.59. The Morgan fingerprint density at radius 3 is 3.00 bits per heavy atom. The summed E-state index contributed by atoms with van der Waals surface area (Å²) in [7, 11) is 0. The fraction of sp³-hybridized carbons (Fsp3) is 0.600. The zero-order valence-electron chi connectivity index (χ0n) is 8.93. The average molecular weight is 225 g/mol. The molecule has 2 atom stereocenters. The van der Waals surface area contributed by atoms with Gasteiger partial charge in [-0.2, -0.15) is 0 Å². The van der Waals surface area contributed by atoms with Crippen molar-refractivity contribution in [1.29, 1.82) is 0 Å². The molecule has 2 N–H and O–H groups in total. The Balaban J connectivity index is 2.30. The number of aryl methyl sites for hydroxylation is 1. The van der Waals surface area contributed by atoms with Gasteiger partial charge in [0.1, 0.15) is 5.01 Å². The Kier molecular flexibility index (Phi) is 2.75. The molecule has 1 fully saturated rings. The average Bonchev–Trinajstić information content (AvgIpc) is 2.70. The van der Waals surface area contributed by atoms with Crippen LogP contribution in [0.15, 0.2) is 5.38 Å². The number of carbonyl (C=O) groups is 1. The molecule has 2 unspecified atom stereocenters. The molecular formula is C10H15N3OS. The molecule has 82 valence electrons. The van der Waals surface area contributed by atoms with Crippen LogP contribution >= 0.6 is 11.3 Å². The highest BCUT2D eigenvalue weighted by atomic mass is 32.1. The molecule has 4 nitrogen and oxygen atoms in total. The van der Waals surface area contributed by atoms with Gasteiger partial charge in [-0.3, -0.25) is 4.79 Å². The lowest BCUT2D eigenvalue weighted by Gasteiger charge is -2.23. The van der Waals surface area contributed by atoms with E-state index < -0.39 is 0 Å². The molecule has 0 bridgehead atoms. The first-order chi connectivity index (χ1) is 7.13. The highest BCUT2D eigenvalue weighted by Gasteiger charge is 2.39. The number of carbonyl (C=O) groups excluding carboxylic acids is 1. The monoisotopic (exact) mass is 225 g/mol. The highest BCUT2D eigenvalue weighted by molar-refractivity contribution is 7.09. The van der Waals surface area contributed by atoms with Gasteiger partial charge in [0.2, 0.25) is 5.91 Å². The number of thiazole rings is 1. The normalized spacial score (nSPS) is 26.3. The molecule has 1 aliphatic rings. The smallest absolute Gasteiger partial charge is 0.224 e. The molecule has 1 aliphatic heterocycles. The van der Waals surface area contributed by atoms with E-state index in [0.717, 1.165) is 10.7 Å². The third-order valence-corrected chi connectivity index (χ3v) is 3.74. The summed E-state index contributed by atoms with van der Waals surface area (Å²) in [5.41, 5.74) is 6.98. The van der Waals surface area contributed by atoms with Gasteiger partial charge in [-0.15, -0.1) is 11.3 Å². The molecule has 1 aromatic heterocycles. The van der Waals surface area contributed by atoms with E-state index in [2.05, 4.69) is 4.98 Å². The van der Waals surface area contributed by atoms with Gasteiger partial charge in [-0.1, -0.05) is 0 Å². The minimum absolute atomic E-state index is 0.0128. The predicted octanol–water partition coefficient (Wildman–Crippen LogP) is 1.07. The highest BCUT2D eigenvalue weighted by Crippen LogP contribution is 2.33. The van der Waals surface area contributed by atoms with Gasteiger partial charge in [-0.25, -0.2) is 4.98 Å². The van der Waals surface area contributed by atoms with Crippen molar-refractivity contribution in [2.75, 3.05) is 6.54 Å². The molecule has 2 heterocycles. The fourth-order valence-electron chi connectivity index (χ4n) is 2.01. The molecule has 0 spiro atoms. The Morgan fingerprint density at radius 1 is 1.73 bits per heavy atom. The number of aromatic nitrogens is 1. The van der Waals surface area contributed by atoms with Crippen molar-refractivity contribution in [3.8, 4) is 0 Å². The lowest BCUT2D eigenvalue weighted by atomic mass is 10.1. The van der Waals surface area contributed by atoms with Crippen LogP contribution in [-0.4, -0.2) is 28.4 Å². The first-order valence-electron chi connectivity index (χ1n) is 5.10. The molecule has 0 radical (unpaired) electrons. The SMILES string of the molecule is CCN1C(=O)CC(N)C1c1nc(C)cs1. The van der Waals surface area contributed by atoms with Gasteiger partial charge in [0.05, 0.1) is 6.04 Å². The number of likely N-dealkylation sites (N-methyl/N-ethyl adjacent to an activating group) is 1. The van der Waals surface area contributed by atoms with Crippen LogP contribution in [0.25, 0.3) is 0 Å². The van der Waals surface area contributed by atoms with Gasteiger partial charge in [0, 0.05) is 30.1 Å². The van der Waals surface area contributed by atoms with Crippen LogP contribution in [0.1, 0.15) is 30.1 Å². The maximum atomic E-state index is 11.6. The number of nitrogens with two attached hydrogens (primary N) is 1.